The van der Waals surface area contributed by atoms with Crippen LogP contribution in [0, 0.1) is 35.5 Å². The molecule has 0 atom stereocenters. The molecule has 4 aliphatic rings. The smallest absolute Gasteiger partial charge is 0.266 e. The van der Waals surface area contributed by atoms with E-state index in [4.69, 9.17) is 14.2 Å². The first-order chi connectivity index (χ1) is 18.1. The van der Waals surface area contributed by atoms with E-state index in [1.165, 1.54) is 89.5 Å². The van der Waals surface area contributed by atoms with Gasteiger partial charge >= 0.3 is 0 Å². The number of allylic oxidation sites excluding steroid dienone is 1. The number of hydrogen-bond acceptors (Lipinski definition) is 3. The molecule has 214 valence electrons. The summed E-state index contributed by atoms with van der Waals surface area (Å²) in [6.07, 6.45) is 22.4. The minimum atomic E-state index is -1.49. The molecule has 0 aromatic carbocycles. The Kier molecular flexibility index (Phi) is 12.7. The lowest BCUT2D eigenvalue weighted by atomic mass is 9.65. The van der Waals surface area contributed by atoms with Crippen molar-refractivity contribution < 1.29 is 23.0 Å². The average Bonchev–Trinajstić information content (AvgIpc) is 2.93. The molecule has 3 saturated carbocycles. The van der Waals surface area contributed by atoms with Gasteiger partial charge in [-0.1, -0.05) is 39.0 Å². The fraction of sp³-hybridized carbons (Fsp3) is 0.938. The Hall–Kier alpha value is -0.520. The second-order valence-electron chi connectivity index (χ2n) is 12.8. The lowest BCUT2D eigenvalue weighted by Crippen LogP contribution is -2.42. The van der Waals surface area contributed by atoms with Crippen molar-refractivity contribution in [1.29, 1.82) is 0 Å². The Balaban J connectivity index is 1.05. The predicted octanol–water partition coefficient (Wildman–Crippen LogP) is 9.30. The van der Waals surface area contributed by atoms with Crippen LogP contribution in [0.4, 0.5) is 8.78 Å². The molecule has 4 fully saturated rings. The Morgan fingerprint density at radius 1 is 0.649 bits per heavy atom. The number of rotatable bonds is 12. The van der Waals surface area contributed by atoms with Crippen molar-refractivity contribution in [3.05, 3.63) is 12.2 Å². The van der Waals surface area contributed by atoms with Gasteiger partial charge in [-0.25, -0.2) is 0 Å². The Labute approximate surface area is 225 Å². The molecular weight excluding hydrogens is 470 g/mol. The van der Waals surface area contributed by atoms with Crippen molar-refractivity contribution in [2.75, 3.05) is 19.8 Å². The fourth-order valence-electron chi connectivity index (χ4n) is 7.94. The zero-order valence-electron chi connectivity index (χ0n) is 23.5. The maximum atomic E-state index is 12.6. The molecular formula is C32H54F2O3. The molecule has 3 nitrogen and oxygen atoms in total. The van der Waals surface area contributed by atoms with Gasteiger partial charge in [-0.05, 0) is 119 Å². The normalized spacial score (nSPS) is 37.3. The Morgan fingerprint density at radius 2 is 1.11 bits per heavy atom. The quantitative estimate of drug-likeness (QED) is 0.238. The van der Waals surface area contributed by atoms with Crippen LogP contribution in [0.3, 0.4) is 0 Å². The molecule has 0 amide bonds. The Bertz CT molecular complexity index is 634. The molecule has 0 spiro atoms. The summed E-state index contributed by atoms with van der Waals surface area (Å²) in [5.74, 6) is 4.06. The summed E-state index contributed by atoms with van der Waals surface area (Å²) in [6.45, 7) is 4.46. The summed E-state index contributed by atoms with van der Waals surface area (Å²) >= 11 is 0. The van der Waals surface area contributed by atoms with E-state index in [2.05, 4.69) is 6.92 Å². The minimum Gasteiger partial charge on any atom is -0.373 e. The number of unbranched alkanes of at least 4 members (excludes halogenated alkanes) is 5. The third-order valence-electron chi connectivity index (χ3n) is 10.3. The fourth-order valence-corrected chi connectivity index (χ4v) is 7.94. The number of ether oxygens (including phenoxy) is 3. The van der Waals surface area contributed by atoms with E-state index in [1.807, 2.05) is 0 Å². The first kappa shape index (κ1) is 29.5. The van der Waals surface area contributed by atoms with Crippen LogP contribution in [0.1, 0.15) is 122 Å². The number of halogens is 2. The molecule has 5 heteroatoms. The summed E-state index contributed by atoms with van der Waals surface area (Å²) < 4.78 is 43.4. The summed E-state index contributed by atoms with van der Waals surface area (Å²) in [5, 5.41) is 0. The molecule has 0 unspecified atom stereocenters. The van der Waals surface area contributed by atoms with Gasteiger partial charge in [-0.15, -0.1) is 0 Å². The van der Waals surface area contributed by atoms with Crippen LogP contribution in [0.25, 0.3) is 0 Å². The molecule has 1 saturated heterocycles. The molecule has 0 aromatic rings. The maximum Gasteiger partial charge on any atom is 0.266 e. The lowest BCUT2D eigenvalue weighted by Gasteiger charge is -2.42. The molecule has 1 aliphatic heterocycles. The van der Waals surface area contributed by atoms with Crippen molar-refractivity contribution in [2.24, 2.45) is 35.5 Å². The van der Waals surface area contributed by atoms with Gasteiger partial charge in [-0.3, -0.25) is 0 Å². The summed E-state index contributed by atoms with van der Waals surface area (Å²) in [4.78, 5) is 0. The van der Waals surface area contributed by atoms with E-state index >= 15 is 0 Å². The van der Waals surface area contributed by atoms with Crippen LogP contribution >= 0.6 is 0 Å². The van der Waals surface area contributed by atoms with E-state index in [1.54, 1.807) is 0 Å². The maximum absolute atomic E-state index is 12.6. The first-order valence-electron chi connectivity index (χ1n) is 16.0. The highest BCUT2D eigenvalue weighted by Gasteiger charge is 2.37. The van der Waals surface area contributed by atoms with Gasteiger partial charge in [-0.2, -0.15) is 8.78 Å². The van der Waals surface area contributed by atoms with Crippen LogP contribution in [0.15, 0.2) is 12.2 Å². The standard InChI is InChI=1S/C32H54F2O3/c1-2-3-4-5-6-7-20-35-30-22-36-32(37-23-30)29-18-16-28(17-19-29)27-14-12-26(13-15-27)25-10-8-24(9-11-25)21-31(33)34/h21,24-30,32H,2-20,22-23H2,1H3. The van der Waals surface area contributed by atoms with Crippen molar-refractivity contribution in [2.45, 2.75) is 135 Å². The minimum absolute atomic E-state index is 0.0265. The zero-order valence-corrected chi connectivity index (χ0v) is 23.5. The molecule has 0 aromatic heterocycles. The van der Waals surface area contributed by atoms with Gasteiger partial charge in [0.2, 0.25) is 0 Å². The largest absolute Gasteiger partial charge is 0.373 e. The van der Waals surface area contributed by atoms with Crippen LogP contribution in [0.5, 0.6) is 0 Å². The van der Waals surface area contributed by atoms with Crippen LogP contribution < -0.4 is 0 Å². The molecule has 0 radical (unpaired) electrons. The van der Waals surface area contributed by atoms with Crippen molar-refractivity contribution in [3.63, 3.8) is 0 Å². The van der Waals surface area contributed by atoms with Crippen LogP contribution in [-0.4, -0.2) is 32.2 Å². The van der Waals surface area contributed by atoms with Crippen LogP contribution in [-0.2, 0) is 14.2 Å². The highest BCUT2D eigenvalue weighted by molar-refractivity contribution is 4.93. The van der Waals surface area contributed by atoms with Gasteiger partial charge < -0.3 is 14.2 Å². The van der Waals surface area contributed by atoms with E-state index in [-0.39, 0.29) is 18.3 Å². The molecule has 3 aliphatic carbocycles. The average molecular weight is 525 g/mol. The second-order valence-corrected chi connectivity index (χ2v) is 12.8. The van der Waals surface area contributed by atoms with Crippen molar-refractivity contribution >= 4 is 0 Å². The van der Waals surface area contributed by atoms with Crippen molar-refractivity contribution in [3.8, 4) is 0 Å². The van der Waals surface area contributed by atoms with E-state index in [0.717, 1.165) is 62.4 Å². The van der Waals surface area contributed by atoms with Gasteiger partial charge in [0.15, 0.2) is 6.29 Å². The molecule has 0 N–H and O–H groups in total. The first-order valence-corrected chi connectivity index (χ1v) is 16.0. The second kappa shape index (κ2) is 15.9. The monoisotopic (exact) mass is 524 g/mol. The number of hydrogen-bond donors (Lipinski definition) is 0. The van der Waals surface area contributed by atoms with Crippen LogP contribution in [0.2, 0.25) is 0 Å². The highest BCUT2D eigenvalue weighted by atomic mass is 19.3. The highest BCUT2D eigenvalue weighted by Crippen LogP contribution is 2.46. The molecule has 0 bridgehead atoms. The van der Waals surface area contributed by atoms with Gasteiger partial charge in [0.05, 0.1) is 13.2 Å². The topological polar surface area (TPSA) is 27.7 Å². The predicted molar refractivity (Wildman–Crippen MR) is 145 cm³/mol. The molecule has 4 rings (SSSR count). The van der Waals surface area contributed by atoms with E-state index < -0.39 is 6.08 Å². The van der Waals surface area contributed by atoms with Crippen molar-refractivity contribution in [1.82, 2.24) is 0 Å². The summed E-state index contributed by atoms with van der Waals surface area (Å²) in [7, 11) is 0. The van der Waals surface area contributed by atoms with Gasteiger partial charge in [0.1, 0.15) is 6.10 Å². The third kappa shape index (κ3) is 9.57. The third-order valence-corrected chi connectivity index (χ3v) is 10.3. The SMILES string of the molecule is CCCCCCCCOC1COC(C2CCC(C3CCC(C4CCC(C=C(F)F)CC4)CC3)CC2)OC1. The van der Waals surface area contributed by atoms with Gasteiger partial charge in [0.25, 0.3) is 6.08 Å². The summed E-state index contributed by atoms with van der Waals surface area (Å²) in [5.41, 5.74) is 0. The zero-order chi connectivity index (χ0) is 25.9. The summed E-state index contributed by atoms with van der Waals surface area (Å²) in [6, 6.07) is 0. The van der Waals surface area contributed by atoms with E-state index in [9.17, 15) is 8.78 Å². The molecule has 1 heterocycles. The van der Waals surface area contributed by atoms with Gasteiger partial charge in [0, 0.05) is 12.5 Å². The van der Waals surface area contributed by atoms with E-state index in [0.29, 0.717) is 19.1 Å². The lowest BCUT2D eigenvalue weighted by molar-refractivity contribution is -0.250. The Morgan fingerprint density at radius 3 is 1.62 bits per heavy atom. The molecule has 37 heavy (non-hydrogen) atoms.